The van der Waals surface area contributed by atoms with E-state index in [4.69, 9.17) is 9.84 Å². The maximum absolute atomic E-state index is 9.60. The summed E-state index contributed by atoms with van der Waals surface area (Å²) >= 11 is 0. The summed E-state index contributed by atoms with van der Waals surface area (Å²) in [5, 5.41) is 27.8. The van der Waals surface area contributed by atoms with Crippen molar-refractivity contribution in [3.63, 3.8) is 0 Å². The summed E-state index contributed by atoms with van der Waals surface area (Å²) in [5.74, 6) is 0.624. The zero-order valence-corrected chi connectivity index (χ0v) is 10.7. The average molecular weight is 252 g/mol. The van der Waals surface area contributed by atoms with E-state index >= 15 is 0 Å². The third kappa shape index (κ3) is 4.87. The van der Waals surface area contributed by atoms with E-state index in [1.807, 2.05) is 12.1 Å². The number of rotatable bonds is 6. The van der Waals surface area contributed by atoms with Gasteiger partial charge in [0.15, 0.2) is 0 Å². The summed E-state index contributed by atoms with van der Waals surface area (Å²) < 4.78 is 5.37. The van der Waals surface area contributed by atoms with Gasteiger partial charge in [0.1, 0.15) is 18.5 Å². The van der Waals surface area contributed by atoms with Gasteiger partial charge in [0.05, 0.1) is 12.2 Å². The van der Waals surface area contributed by atoms with Crippen LogP contribution in [0.1, 0.15) is 19.4 Å². The predicted octanol–water partition coefficient (Wildman–Crippen LogP) is 1.20. The first-order chi connectivity index (χ1) is 8.43. The van der Waals surface area contributed by atoms with Crippen molar-refractivity contribution in [2.24, 2.45) is 0 Å². The molecule has 3 N–H and O–H groups in total. The van der Waals surface area contributed by atoms with Crippen molar-refractivity contribution in [2.75, 3.05) is 13.2 Å². The highest BCUT2D eigenvalue weighted by Gasteiger charge is 2.24. The molecule has 4 nitrogen and oxygen atoms in total. The van der Waals surface area contributed by atoms with Crippen LogP contribution in [-0.2, 0) is 0 Å². The molecular formula is C14H20O4. The second-order valence-corrected chi connectivity index (χ2v) is 4.63. The van der Waals surface area contributed by atoms with Crippen LogP contribution in [0.4, 0.5) is 0 Å². The second kappa shape index (κ2) is 6.54. The van der Waals surface area contributed by atoms with Gasteiger partial charge in [0.25, 0.3) is 0 Å². The second-order valence-electron chi connectivity index (χ2n) is 4.63. The van der Waals surface area contributed by atoms with Crippen molar-refractivity contribution < 1.29 is 20.1 Å². The summed E-state index contributed by atoms with van der Waals surface area (Å²) in [5.41, 5.74) is -0.219. The van der Waals surface area contributed by atoms with Gasteiger partial charge in [0, 0.05) is 0 Å². The maximum atomic E-state index is 9.60. The molecule has 0 fully saturated rings. The fourth-order valence-corrected chi connectivity index (χ4v) is 1.24. The van der Waals surface area contributed by atoms with E-state index in [1.165, 1.54) is 13.8 Å². The monoisotopic (exact) mass is 252 g/mol. The molecular weight excluding hydrogens is 232 g/mol. The van der Waals surface area contributed by atoms with Crippen molar-refractivity contribution in [3.05, 3.63) is 35.9 Å². The number of ether oxygens (including phenoxy) is 1. The number of hydrogen-bond donors (Lipinski definition) is 3. The molecule has 0 bridgehead atoms. The summed E-state index contributed by atoms with van der Waals surface area (Å²) in [6.07, 6.45) is 2.51. The van der Waals surface area contributed by atoms with Gasteiger partial charge in [-0.2, -0.15) is 0 Å². The molecule has 0 aliphatic rings. The highest BCUT2D eigenvalue weighted by molar-refractivity contribution is 5.50. The molecule has 1 aromatic carbocycles. The Balaban J connectivity index is 2.52. The Morgan fingerprint density at radius 2 is 1.89 bits per heavy atom. The molecule has 0 radical (unpaired) electrons. The van der Waals surface area contributed by atoms with Crippen LogP contribution in [0.15, 0.2) is 30.3 Å². The predicted molar refractivity (Wildman–Crippen MR) is 70.4 cm³/mol. The van der Waals surface area contributed by atoms with E-state index in [1.54, 1.807) is 24.3 Å². The third-order valence-electron chi connectivity index (χ3n) is 2.52. The summed E-state index contributed by atoms with van der Waals surface area (Å²) in [7, 11) is 0. The molecule has 0 saturated heterocycles. The van der Waals surface area contributed by atoms with Gasteiger partial charge in [-0.05, 0) is 31.5 Å². The minimum absolute atomic E-state index is 0.00995. The van der Waals surface area contributed by atoms with Crippen molar-refractivity contribution in [1.82, 2.24) is 0 Å². The lowest BCUT2D eigenvalue weighted by Gasteiger charge is -2.24. The van der Waals surface area contributed by atoms with E-state index in [0.29, 0.717) is 5.75 Å². The SMILES string of the molecule is CC(C)(O)C(O)COc1ccc(C=CCO)cc1. The zero-order chi connectivity index (χ0) is 13.6. The normalized spacial score (nSPS) is 13.8. The van der Waals surface area contributed by atoms with Crippen LogP contribution in [0, 0.1) is 0 Å². The van der Waals surface area contributed by atoms with Crippen LogP contribution in [0.5, 0.6) is 5.75 Å². The van der Waals surface area contributed by atoms with Gasteiger partial charge < -0.3 is 20.1 Å². The number of benzene rings is 1. The molecule has 4 heteroatoms. The molecule has 18 heavy (non-hydrogen) atoms. The molecule has 0 aromatic heterocycles. The lowest BCUT2D eigenvalue weighted by molar-refractivity contribution is -0.0661. The van der Waals surface area contributed by atoms with Crippen LogP contribution in [0.2, 0.25) is 0 Å². The van der Waals surface area contributed by atoms with E-state index in [2.05, 4.69) is 0 Å². The van der Waals surface area contributed by atoms with Gasteiger partial charge in [-0.1, -0.05) is 24.3 Å². The van der Waals surface area contributed by atoms with Gasteiger partial charge in [0.2, 0.25) is 0 Å². The van der Waals surface area contributed by atoms with E-state index in [-0.39, 0.29) is 13.2 Å². The van der Waals surface area contributed by atoms with E-state index < -0.39 is 11.7 Å². The first-order valence-corrected chi connectivity index (χ1v) is 5.84. The first kappa shape index (κ1) is 14.7. The standard InChI is InChI=1S/C14H20O4/c1-14(2,17)13(16)10-18-12-7-5-11(6-8-12)4-3-9-15/h3-8,13,15-17H,9-10H2,1-2H3. The van der Waals surface area contributed by atoms with Crippen molar-refractivity contribution in [2.45, 2.75) is 25.6 Å². The topological polar surface area (TPSA) is 69.9 Å². The highest BCUT2D eigenvalue weighted by atomic mass is 16.5. The van der Waals surface area contributed by atoms with E-state index in [9.17, 15) is 10.2 Å². The molecule has 0 saturated carbocycles. The van der Waals surface area contributed by atoms with Crippen LogP contribution >= 0.6 is 0 Å². The summed E-state index contributed by atoms with van der Waals surface area (Å²) in [6.45, 7) is 3.11. The van der Waals surface area contributed by atoms with Gasteiger partial charge in [-0.25, -0.2) is 0 Å². The van der Waals surface area contributed by atoms with Crippen molar-refractivity contribution in [3.8, 4) is 5.75 Å². The fraction of sp³-hybridized carbons (Fsp3) is 0.429. The fourth-order valence-electron chi connectivity index (χ4n) is 1.24. The molecule has 100 valence electrons. The molecule has 0 spiro atoms. The molecule has 0 heterocycles. The van der Waals surface area contributed by atoms with Crippen molar-refractivity contribution >= 4 is 6.08 Å². The Labute approximate surface area is 107 Å². The largest absolute Gasteiger partial charge is 0.491 e. The van der Waals surface area contributed by atoms with Crippen LogP contribution in [-0.4, -0.2) is 40.2 Å². The lowest BCUT2D eigenvalue weighted by atomic mass is 10.0. The van der Waals surface area contributed by atoms with Gasteiger partial charge >= 0.3 is 0 Å². The maximum Gasteiger partial charge on any atom is 0.119 e. The number of hydrogen-bond acceptors (Lipinski definition) is 4. The minimum atomic E-state index is -1.18. The summed E-state index contributed by atoms with van der Waals surface area (Å²) in [4.78, 5) is 0. The molecule has 1 unspecified atom stereocenters. The Morgan fingerprint density at radius 3 is 2.39 bits per heavy atom. The Hall–Kier alpha value is -1.36. The highest BCUT2D eigenvalue weighted by Crippen LogP contribution is 2.15. The Kier molecular flexibility index (Phi) is 5.34. The summed E-state index contributed by atoms with van der Waals surface area (Å²) in [6, 6.07) is 7.23. The number of aliphatic hydroxyl groups excluding tert-OH is 2. The van der Waals surface area contributed by atoms with Crippen molar-refractivity contribution in [1.29, 1.82) is 0 Å². The lowest BCUT2D eigenvalue weighted by Crippen LogP contribution is -2.40. The number of aliphatic hydroxyl groups is 3. The molecule has 1 aromatic rings. The van der Waals surface area contributed by atoms with Crippen LogP contribution in [0.25, 0.3) is 6.08 Å². The molecule has 1 rings (SSSR count). The first-order valence-electron chi connectivity index (χ1n) is 5.84. The molecule has 1 atom stereocenters. The van der Waals surface area contributed by atoms with E-state index in [0.717, 1.165) is 5.56 Å². The molecule has 0 aliphatic carbocycles. The zero-order valence-electron chi connectivity index (χ0n) is 10.7. The van der Waals surface area contributed by atoms with Crippen LogP contribution < -0.4 is 4.74 Å². The smallest absolute Gasteiger partial charge is 0.119 e. The molecule has 0 aliphatic heterocycles. The average Bonchev–Trinajstić information content (AvgIpc) is 2.33. The van der Waals surface area contributed by atoms with Gasteiger partial charge in [-0.3, -0.25) is 0 Å². The Bertz CT molecular complexity index is 376. The minimum Gasteiger partial charge on any atom is -0.491 e. The molecule has 0 amide bonds. The third-order valence-corrected chi connectivity index (χ3v) is 2.52. The van der Waals surface area contributed by atoms with Crippen LogP contribution in [0.3, 0.4) is 0 Å². The van der Waals surface area contributed by atoms with Gasteiger partial charge in [-0.15, -0.1) is 0 Å². The quantitative estimate of drug-likeness (QED) is 0.711. The Morgan fingerprint density at radius 1 is 1.28 bits per heavy atom.